The number of nitrogens with zero attached hydrogens (tertiary/aromatic N) is 3. The molecule has 3 aromatic rings. The van der Waals surface area contributed by atoms with Crippen LogP contribution in [0.4, 0.5) is 10.3 Å². The summed E-state index contributed by atoms with van der Waals surface area (Å²) in [5, 5.41) is 3.07. The molecule has 2 N–H and O–H groups in total. The van der Waals surface area contributed by atoms with Crippen LogP contribution in [0.25, 0.3) is 22.6 Å². The molecule has 1 fully saturated rings. The highest BCUT2D eigenvalue weighted by atomic mass is 19.1. The summed E-state index contributed by atoms with van der Waals surface area (Å²) in [5.41, 5.74) is 2.73. The maximum atomic E-state index is 13.4. The van der Waals surface area contributed by atoms with Crippen molar-refractivity contribution in [2.75, 3.05) is 25.1 Å². The topological polar surface area (TPSA) is 85.0 Å². The Morgan fingerprint density at radius 1 is 1.18 bits per heavy atom. The fourth-order valence-electron chi connectivity index (χ4n) is 2.90. The average Bonchev–Trinajstić information content (AvgIpc) is 3.19. The number of benzene rings is 1. The zero-order valence-electron chi connectivity index (χ0n) is 15.2. The monoisotopic (exact) mass is 381 g/mol. The highest BCUT2D eigenvalue weighted by Crippen LogP contribution is 2.32. The van der Waals surface area contributed by atoms with Crippen LogP contribution in [0.2, 0.25) is 0 Å². The van der Waals surface area contributed by atoms with Crippen molar-refractivity contribution in [1.29, 1.82) is 0 Å². The molecule has 1 aliphatic rings. The van der Waals surface area contributed by atoms with Crippen molar-refractivity contribution in [1.82, 2.24) is 19.9 Å². The molecule has 1 aromatic carbocycles. The Hall–Kier alpha value is -3.10. The number of imidazole rings is 1. The fraction of sp³-hybridized carbons (Fsp3) is 0.250. The van der Waals surface area contributed by atoms with Crippen LogP contribution in [-0.2, 0) is 9.47 Å². The average molecular weight is 381 g/mol. The molecule has 4 rings (SSSR count). The Balaban J connectivity index is 1.76. The first-order valence-electron chi connectivity index (χ1n) is 9.02. The molecule has 0 radical (unpaired) electrons. The molecule has 1 aliphatic heterocycles. The van der Waals surface area contributed by atoms with Crippen LogP contribution in [0.5, 0.6) is 0 Å². The van der Waals surface area contributed by atoms with Gasteiger partial charge in [-0.15, -0.1) is 6.58 Å². The number of H-pyrrole nitrogens is 1. The molecule has 0 unspecified atom stereocenters. The van der Waals surface area contributed by atoms with Crippen LogP contribution in [0.1, 0.15) is 18.5 Å². The Kier molecular flexibility index (Phi) is 5.41. The number of hydrogen-bond acceptors (Lipinski definition) is 6. The van der Waals surface area contributed by atoms with Crippen LogP contribution in [0.15, 0.2) is 49.2 Å². The minimum Gasteiger partial charge on any atom is -0.351 e. The number of halogens is 1. The van der Waals surface area contributed by atoms with E-state index in [1.165, 1.54) is 12.1 Å². The lowest BCUT2D eigenvalue weighted by atomic mass is 10.1. The molecule has 0 spiro atoms. The van der Waals surface area contributed by atoms with Gasteiger partial charge in [0, 0.05) is 18.3 Å². The van der Waals surface area contributed by atoms with E-state index >= 15 is 0 Å². The van der Waals surface area contributed by atoms with Gasteiger partial charge in [-0.3, -0.25) is 0 Å². The van der Waals surface area contributed by atoms with Crippen LogP contribution in [0, 0.1) is 5.82 Å². The zero-order valence-corrected chi connectivity index (χ0v) is 15.2. The van der Waals surface area contributed by atoms with Gasteiger partial charge >= 0.3 is 0 Å². The minimum absolute atomic E-state index is 0.307. The van der Waals surface area contributed by atoms with Crippen molar-refractivity contribution in [2.45, 2.75) is 12.7 Å². The molecule has 0 saturated carbocycles. The lowest BCUT2D eigenvalue weighted by Gasteiger charge is -2.21. The molecule has 0 bridgehead atoms. The quantitative estimate of drug-likeness (QED) is 0.633. The van der Waals surface area contributed by atoms with Gasteiger partial charge in [-0.1, -0.05) is 6.08 Å². The third-order valence-electron chi connectivity index (χ3n) is 4.21. The highest BCUT2D eigenvalue weighted by Gasteiger charge is 2.24. The maximum Gasteiger partial charge on any atom is 0.223 e. The summed E-state index contributed by atoms with van der Waals surface area (Å²) in [6, 6.07) is 7.95. The highest BCUT2D eigenvalue weighted by molar-refractivity contribution is 5.77. The molecule has 1 saturated heterocycles. The number of nitrogens with one attached hydrogen (secondary N) is 2. The molecule has 28 heavy (non-hydrogen) atoms. The van der Waals surface area contributed by atoms with Gasteiger partial charge in [-0.05, 0) is 36.8 Å². The van der Waals surface area contributed by atoms with Crippen LogP contribution in [0.3, 0.4) is 0 Å². The third kappa shape index (κ3) is 3.92. The van der Waals surface area contributed by atoms with Crippen molar-refractivity contribution in [3.05, 3.63) is 60.8 Å². The third-order valence-corrected chi connectivity index (χ3v) is 4.21. The minimum atomic E-state index is -0.568. The zero-order chi connectivity index (χ0) is 19.3. The van der Waals surface area contributed by atoms with E-state index in [1.807, 2.05) is 0 Å². The van der Waals surface area contributed by atoms with Crippen molar-refractivity contribution in [2.24, 2.45) is 0 Å². The molecule has 3 heterocycles. The summed E-state index contributed by atoms with van der Waals surface area (Å²) in [5.74, 6) is 0.718. The van der Waals surface area contributed by atoms with E-state index in [9.17, 15) is 4.39 Å². The summed E-state index contributed by atoms with van der Waals surface area (Å²) in [7, 11) is 0. The summed E-state index contributed by atoms with van der Waals surface area (Å²) in [6.45, 7) is 5.44. The van der Waals surface area contributed by atoms with Crippen LogP contribution < -0.4 is 5.32 Å². The van der Waals surface area contributed by atoms with Crippen molar-refractivity contribution in [3.63, 3.8) is 0 Å². The maximum absolute atomic E-state index is 13.4. The second kappa shape index (κ2) is 8.28. The Morgan fingerprint density at radius 3 is 2.71 bits per heavy atom. The van der Waals surface area contributed by atoms with E-state index in [0.717, 1.165) is 12.0 Å². The lowest BCUT2D eigenvalue weighted by molar-refractivity contribution is -0.186. The fourth-order valence-corrected chi connectivity index (χ4v) is 2.90. The number of ether oxygens (including phenoxy) is 2. The van der Waals surface area contributed by atoms with Gasteiger partial charge in [-0.2, -0.15) is 0 Å². The molecular formula is C20H20FN5O2. The standard InChI is InChI=1S/C20H20FN5O2/c1-2-9-22-20-23-10-8-15(24-20)17-16(13-4-6-14(21)7-5-13)25-18(26-17)19-27-11-3-12-28-19/h2,4-8,10,19H,1,3,9,11-12H2,(H,25,26)(H,22,23,24). The van der Waals surface area contributed by atoms with Crippen molar-refractivity contribution in [3.8, 4) is 22.6 Å². The predicted molar refractivity (Wildman–Crippen MR) is 103 cm³/mol. The van der Waals surface area contributed by atoms with Crippen LogP contribution in [-0.4, -0.2) is 39.7 Å². The molecule has 0 atom stereocenters. The van der Waals surface area contributed by atoms with E-state index in [1.54, 1.807) is 30.5 Å². The van der Waals surface area contributed by atoms with E-state index in [0.29, 0.717) is 48.6 Å². The first-order chi connectivity index (χ1) is 13.7. The van der Waals surface area contributed by atoms with Gasteiger partial charge < -0.3 is 19.8 Å². The Labute approximate surface area is 161 Å². The summed E-state index contributed by atoms with van der Waals surface area (Å²) in [4.78, 5) is 16.7. The predicted octanol–water partition coefficient (Wildman–Crippen LogP) is 3.71. The number of rotatable bonds is 6. The summed E-state index contributed by atoms with van der Waals surface area (Å²) < 4.78 is 24.7. The molecule has 144 valence electrons. The SMILES string of the molecule is C=CCNc1nccc(-c2[nH]c(C3OCCCO3)nc2-c2ccc(F)cc2)n1. The summed E-state index contributed by atoms with van der Waals surface area (Å²) >= 11 is 0. The van der Waals surface area contributed by atoms with Gasteiger partial charge in [-0.25, -0.2) is 19.3 Å². The first kappa shape index (κ1) is 18.3. The van der Waals surface area contributed by atoms with Crippen molar-refractivity contribution >= 4 is 5.95 Å². The molecule has 0 aliphatic carbocycles. The Morgan fingerprint density at radius 2 is 1.96 bits per heavy atom. The number of hydrogen-bond donors (Lipinski definition) is 2. The van der Waals surface area contributed by atoms with Gasteiger partial charge in [0.15, 0.2) is 5.82 Å². The van der Waals surface area contributed by atoms with E-state index < -0.39 is 6.29 Å². The smallest absolute Gasteiger partial charge is 0.223 e. The molecule has 7 nitrogen and oxygen atoms in total. The Bertz CT molecular complexity index is 951. The molecule has 2 aromatic heterocycles. The van der Waals surface area contributed by atoms with E-state index in [-0.39, 0.29) is 5.82 Å². The van der Waals surface area contributed by atoms with Gasteiger partial charge in [0.25, 0.3) is 0 Å². The molecule has 8 heteroatoms. The number of aromatic nitrogens is 4. The summed E-state index contributed by atoms with van der Waals surface area (Å²) in [6.07, 6.45) is 3.67. The van der Waals surface area contributed by atoms with Crippen LogP contribution >= 0.6 is 0 Å². The molecular weight excluding hydrogens is 361 g/mol. The normalized spacial score (nSPS) is 14.8. The largest absolute Gasteiger partial charge is 0.351 e. The van der Waals surface area contributed by atoms with Gasteiger partial charge in [0.1, 0.15) is 5.82 Å². The second-order valence-corrected chi connectivity index (χ2v) is 6.21. The van der Waals surface area contributed by atoms with E-state index in [2.05, 4.69) is 31.8 Å². The first-order valence-corrected chi connectivity index (χ1v) is 9.02. The molecule has 0 amide bonds. The van der Waals surface area contributed by atoms with Gasteiger partial charge in [0.2, 0.25) is 12.2 Å². The second-order valence-electron chi connectivity index (χ2n) is 6.21. The lowest BCUT2D eigenvalue weighted by Crippen LogP contribution is -2.18. The number of anilines is 1. The van der Waals surface area contributed by atoms with E-state index in [4.69, 9.17) is 9.47 Å². The van der Waals surface area contributed by atoms with Crippen molar-refractivity contribution < 1.29 is 13.9 Å². The number of aromatic amines is 1. The van der Waals surface area contributed by atoms with Gasteiger partial charge in [0.05, 0.1) is 30.3 Å².